The molecule has 120 valence electrons. The van der Waals surface area contributed by atoms with Crippen molar-refractivity contribution in [3.05, 3.63) is 29.3 Å². The molecule has 6 heteroatoms. The molecule has 0 saturated carbocycles. The van der Waals surface area contributed by atoms with Crippen molar-refractivity contribution in [1.29, 1.82) is 0 Å². The van der Waals surface area contributed by atoms with Gasteiger partial charge in [0.15, 0.2) is 0 Å². The van der Waals surface area contributed by atoms with Crippen molar-refractivity contribution in [2.45, 2.75) is 25.9 Å². The number of phenolic OH excluding ortho intramolecular Hbond substituents is 1. The van der Waals surface area contributed by atoms with Gasteiger partial charge >= 0.3 is 5.97 Å². The van der Waals surface area contributed by atoms with Crippen LogP contribution in [0.4, 0.5) is 0 Å². The maximum Gasteiger partial charge on any atom is 0.338 e. The third-order valence-corrected chi connectivity index (χ3v) is 4.06. The monoisotopic (exact) mass is 307 g/mol. The molecule has 1 unspecified atom stereocenters. The summed E-state index contributed by atoms with van der Waals surface area (Å²) in [7, 11) is 1.24. The second-order valence-corrected chi connectivity index (χ2v) is 6.15. The molecular formula is C16H21NO5. The van der Waals surface area contributed by atoms with Crippen molar-refractivity contribution in [3.8, 4) is 5.75 Å². The maximum absolute atomic E-state index is 12.5. The van der Waals surface area contributed by atoms with E-state index in [-0.39, 0.29) is 28.7 Å². The minimum absolute atomic E-state index is 0.00818. The molecule has 1 atom stereocenters. The first kappa shape index (κ1) is 16.3. The summed E-state index contributed by atoms with van der Waals surface area (Å²) in [6.07, 6.45) is 0.720. The van der Waals surface area contributed by atoms with Gasteiger partial charge < -0.3 is 19.8 Å². The van der Waals surface area contributed by atoms with E-state index in [1.807, 2.05) is 0 Å². The zero-order valence-electron chi connectivity index (χ0n) is 13.0. The third kappa shape index (κ3) is 3.39. The van der Waals surface area contributed by atoms with E-state index in [1.54, 1.807) is 18.7 Å². The van der Waals surface area contributed by atoms with Crippen LogP contribution in [-0.4, -0.2) is 52.8 Å². The van der Waals surface area contributed by atoms with E-state index in [9.17, 15) is 19.8 Å². The quantitative estimate of drug-likeness (QED) is 0.825. The molecule has 0 spiro atoms. The van der Waals surface area contributed by atoms with Gasteiger partial charge in [-0.05, 0) is 38.5 Å². The molecule has 1 aromatic carbocycles. The Morgan fingerprint density at radius 1 is 1.27 bits per heavy atom. The molecule has 1 aliphatic rings. The number of phenols is 1. The van der Waals surface area contributed by atoms with E-state index in [0.717, 1.165) is 6.42 Å². The molecule has 0 aromatic heterocycles. The number of ether oxygens (including phenoxy) is 1. The Kier molecular flexibility index (Phi) is 4.42. The fraction of sp³-hybridized carbons (Fsp3) is 0.500. The molecule has 0 radical (unpaired) electrons. The number of esters is 1. The number of benzene rings is 1. The highest BCUT2D eigenvalue weighted by molar-refractivity contribution is 5.98. The number of aromatic hydroxyl groups is 1. The molecule has 1 amide bonds. The van der Waals surface area contributed by atoms with E-state index in [0.29, 0.717) is 13.1 Å². The van der Waals surface area contributed by atoms with Gasteiger partial charge in [-0.25, -0.2) is 4.79 Å². The van der Waals surface area contributed by atoms with Crippen LogP contribution < -0.4 is 0 Å². The summed E-state index contributed by atoms with van der Waals surface area (Å²) in [5.41, 5.74) is -0.480. The standard InChI is InChI=1S/C16H21NO5/c1-16(2,21)12-4-5-17(9-12)14(19)10-6-11(15(20)22-3)8-13(18)7-10/h6-8,12,18,21H,4-5,9H2,1-3H3. The Bertz CT molecular complexity index is 591. The summed E-state index contributed by atoms with van der Waals surface area (Å²) in [5.74, 6) is -1.04. The lowest BCUT2D eigenvalue weighted by Crippen LogP contribution is -2.35. The van der Waals surface area contributed by atoms with Gasteiger partial charge in [0.1, 0.15) is 5.75 Å². The Morgan fingerprint density at radius 3 is 2.45 bits per heavy atom. The molecule has 1 saturated heterocycles. The number of amides is 1. The van der Waals surface area contributed by atoms with Crippen LogP contribution in [0.1, 0.15) is 41.0 Å². The SMILES string of the molecule is COC(=O)c1cc(O)cc(C(=O)N2CCC(C(C)(C)O)C2)c1. The lowest BCUT2D eigenvalue weighted by Gasteiger charge is -2.25. The first-order valence-corrected chi connectivity index (χ1v) is 7.16. The number of rotatable bonds is 3. The van der Waals surface area contributed by atoms with Crippen LogP contribution >= 0.6 is 0 Å². The van der Waals surface area contributed by atoms with Crippen molar-refractivity contribution < 1.29 is 24.5 Å². The normalized spacial score (nSPS) is 18.4. The Hall–Kier alpha value is -2.08. The summed E-state index contributed by atoms with van der Waals surface area (Å²) in [4.78, 5) is 25.7. The highest BCUT2D eigenvalue weighted by atomic mass is 16.5. The zero-order chi connectivity index (χ0) is 16.5. The van der Waals surface area contributed by atoms with Gasteiger partial charge in [-0.2, -0.15) is 0 Å². The number of likely N-dealkylation sites (tertiary alicyclic amines) is 1. The molecule has 6 nitrogen and oxygen atoms in total. The highest BCUT2D eigenvalue weighted by Crippen LogP contribution is 2.28. The van der Waals surface area contributed by atoms with Gasteiger partial charge in [-0.15, -0.1) is 0 Å². The first-order valence-electron chi connectivity index (χ1n) is 7.16. The zero-order valence-corrected chi connectivity index (χ0v) is 13.0. The number of aliphatic hydroxyl groups is 1. The predicted octanol–water partition coefficient (Wildman–Crippen LogP) is 1.41. The molecule has 1 heterocycles. The minimum Gasteiger partial charge on any atom is -0.508 e. The van der Waals surface area contributed by atoms with E-state index >= 15 is 0 Å². The third-order valence-electron chi connectivity index (χ3n) is 4.06. The molecule has 1 aliphatic heterocycles. The van der Waals surface area contributed by atoms with E-state index < -0.39 is 11.6 Å². The van der Waals surface area contributed by atoms with Crippen molar-refractivity contribution >= 4 is 11.9 Å². The van der Waals surface area contributed by atoms with Gasteiger partial charge in [0, 0.05) is 24.6 Å². The predicted molar refractivity (Wildman–Crippen MR) is 79.8 cm³/mol. The lowest BCUT2D eigenvalue weighted by molar-refractivity contribution is 0.0211. The number of nitrogens with zero attached hydrogens (tertiary/aromatic N) is 1. The summed E-state index contributed by atoms with van der Waals surface area (Å²) >= 11 is 0. The Labute approximate surface area is 129 Å². The first-order chi connectivity index (χ1) is 10.2. The highest BCUT2D eigenvalue weighted by Gasteiger charge is 2.35. The number of carbonyl (C=O) groups is 2. The van der Waals surface area contributed by atoms with Gasteiger partial charge in [-0.3, -0.25) is 4.79 Å². The van der Waals surface area contributed by atoms with Crippen molar-refractivity contribution in [3.63, 3.8) is 0 Å². The van der Waals surface area contributed by atoms with E-state index in [2.05, 4.69) is 4.74 Å². The van der Waals surface area contributed by atoms with Crippen molar-refractivity contribution in [2.24, 2.45) is 5.92 Å². The summed E-state index contributed by atoms with van der Waals surface area (Å²) in [5, 5.41) is 19.7. The summed E-state index contributed by atoms with van der Waals surface area (Å²) in [6.45, 7) is 4.45. The molecule has 1 fully saturated rings. The molecule has 1 aromatic rings. The molecule has 2 N–H and O–H groups in total. The fourth-order valence-corrected chi connectivity index (χ4v) is 2.67. The van der Waals surface area contributed by atoms with E-state index in [1.165, 1.54) is 25.3 Å². The van der Waals surface area contributed by atoms with Crippen LogP contribution in [0.15, 0.2) is 18.2 Å². The number of hydrogen-bond donors (Lipinski definition) is 2. The van der Waals surface area contributed by atoms with Gasteiger partial charge in [0.2, 0.25) is 0 Å². The molecule has 22 heavy (non-hydrogen) atoms. The topological polar surface area (TPSA) is 87.1 Å². The molecule has 0 aliphatic carbocycles. The summed E-state index contributed by atoms with van der Waals surface area (Å²) < 4.78 is 4.61. The Balaban J connectivity index is 2.20. The van der Waals surface area contributed by atoms with Gasteiger partial charge in [0.05, 0.1) is 18.3 Å². The molecule has 0 bridgehead atoms. The molecule has 2 rings (SSSR count). The van der Waals surface area contributed by atoms with Crippen molar-refractivity contribution in [1.82, 2.24) is 4.90 Å². The van der Waals surface area contributed by atoms with Crippen LogP contribution in [0.5, 0.6) is 5.75 Å². The van der Waals surface area contributed by atoms with Gasteiger partial charge in [-0.1, -0.05) is 0 Å². The van der Waals surface area contributed by atoms with Crippen LogP contribution in [0.3, 0.4) is 0 Å². The summed E-state index contributed by atoms with van der Waals surface area (Å²) in [6, 6.07) is 3.99. The average Bonchev–Trinajstić information content (AvgIpc) is 2.94. The largest absolute Gasteiger partial charge is 0.508 e. The van der Waals surface area contributed by atoms with Crippen molar-refractivity contribution in [2.75, 3.05) is 20.2 Å². The van der Waals surface area contributed by atoms with Crippen LogP contribution in [-0.2, 0) is 4.74 Å². The maximum atomic E-state index is 12.5. The smallest absolute Gasteiger partial charge is 0.338 e. The molecular weight excluding hydrogens is 286 g/mol. The Morgan fingerprint density at radius 2 is 1.91 bits per heavy atom. The van der Waals surface area contributed by atoms with Crippen LogP contribution in [0, 0.1) is 5.92 Å². The number of hydrogen-bond acceptors (Lipinski definition) is 5. The van der Waals surface area contributed by atoms with Gasteiger partial charge in [0.25, 0.3) is 5.91 Å². The van der Waals surface area contributed by atoms with E-state index in [4.69, 9.17) is 0 Å². The fourth-order valence-electron chi connectivity index (χ4n) is 2.67. The minimum atomic E-state index is -0.842. The second-order valence-electron chi connectivity index (χ2n) is 6.15. The lowest BCUT2D eigenvalue weighted by atomic mass is 9.90. The average molecular weight is 307 g/mol. The number of carbonyl (C=O) groups excluding carboxylic acids is 2. The van der Waals surface area contributed by atoms with Crippen LogP contribution in [0.25, 0.3) is 0 Å². The van der Waals surface area contributed by atoms with Crippen LogP contribution in [0.2, 0.25) is 0 Å². The number of methoxy groups -OCH3 is 1. The second kappa shape index (κ2) is 5.96.